The quantitative estimate of drug-likeness (QED) is 0.583. The number of hydrogen-bond donors (Lipinski definition) is 0. The smallest absolute Gasteiger partial charge is 0.225 e. The molecule has 8 nitrogen and oxygen atoms in total. The number of hydrogen-bond acceptors (Lipinski definition) is 6. The van der Waals surface area contributed by atoms with Crippen LogP contribution in [0.5, 0.6) is 0 Å². The van der Waals surface area contributed by atoms with Crippen LogP contribution in [0.4, 0.5) is 5.82 Å². The molecule has 32 heavy (non-hydrogen) atoms. The third-order valence-corrected chi connectivity index (χ3v) is 5.89. The highest BCUT2D eigenvalue weighted by atomic mass is 35.5. The Labute approximate surface area is 193 Å². The van der Waals surface area contributed by atoms with Crippen LogP contribution >= 0.6 is 11.6 Å². The molecule has 0 bridgehead atoms. The Kier molecular flexibility index (Phi) is 6.62. The van der Waals surface area contributed by atoms with Gasteiger partial charge in [-0.2, -0.15) is 5.10 Å². The number of halogens is 1. The highest BCUT2D eigenvalue weighted by molar-refractivity contribution is 6.30. The molecule has 1 fully saturated rings. The molecule has 1 aromatic carbocycles. The second-order valence-corrected chi connectivity index (χ2v) is 8.83. The van der Waals surface area contributed by atoms with Crippen molar-refractivity contribution in [2.75, 3.05) is 38.2 Å². The minimum atomic E-state index is -0.00112. The van der Waals surface area contributed by atoms with Crippen LogP contribution in [0.25, 0.3) is 16.7 Å². The molecule has 0 aliphatic carbocycles. The summed E-state index contributed by atoms with van der Waals surface area (Å²) in [5.74, 6) is 1.63. The molecule has 1 amide bonds. The van der Waals surface area contributed by atoms with E-state index in [1.54, 1.807) is 7.11 Å². The maximum absolute atomic E-state index is 12.5. The number of aryl methyl sites for hydroxylation is 1. The van der Waals surface area contributed by atoms with Crippen LogP contribution in [0.3, 0.4) is 0 Å². The van der Waals surface area contributed by atoms with Gasteiger partial charge in [0.25, 0.3) is 0 Å². The van der Waals surface area contributed by atoms with E-state index in [0.717, 1.165) is 47.7 Å². The van der Waals surface area contributed by atoms with E-state index in [-0.39, 0.29) is 11.8 Å². The number of ether oxygens (including phenoxy) is 1. The van der Waals surface area contributed by atoms with Crippen molar-refractivity contribution in [1.29, 1.82) is 0 Å². The van der Waals surface area contributed by atoms with Gasteiger partial charge in [0.05, 0.1) is 16.8 Å². The number of rotatable bonds is 5. The number of anilines is 1. The molecule has 0 radical (unpaired) electrons. The minimum absolute atomic E-state index is 0.00112. The first-order valence-corrected chi connectivity index (χ1v) is 11.3. The molecule has 2 aromatic heterocycles. The standard InChI is InChI=1S/C23H29ClN6O2/c1-15(2)23(31)29-10-6-9-28(11-12-29)21-20-16(3)27-30(18-8-5-7-17(24)13-18)22(20)26-19(25-21)14-32-4/h5,7-8,13,15H,6,9-12,14H2,1-4H3. The van der Waals surface area contributed by atoms with Gasteiger partial charge in [-0.15, -0.1) is 0 Å². The van der Waals surface area contributed by atoms with Crippen LogP contribution in [-0.2, 0) is 16.1 Å². The average molecular weight is 457 g/mol. The van der Waals surface area contributed by atoms with Crippen LogP contribution in [0.1, 0.15) is 31.8 Å². The molecule has 0 unspecified atom stereocenters. The van der Waals surface area contributed by atoms with Gasteiger partial charge in [0.15, 0.2) is 11.5 Å². The Balaban J connectivity index is 1.78. The van der Waals surface area contributed by atoms with E-state index in [9.17, 15) is 4.79 Å². The average Bonchev–Trinajstić information content (AvgIpc) is 2.94. The number of carbonyl (C=O) groups excluding carboxylic acids is 1. The third kappa shape index (κ3) is 4.42. The summed E-state index contributed by atoms with van der Waals surface area (Å²) in [6.07, 6.45) is 0.880. The van der Waals surface area contributed by atoms with Gasteiger partial charge in [-0.25, -0.2) is 14.6 Å². The summed E-state index contributed by atoms with van der Waals surface area (Å²) < 4.78 is 7.16. The highest BCUT2D eigenvalue weighted by Crippen LogP contribution is 2.30. The summed E-state index contributed by atoms with van der Waals surface area (Å²) in [5.41, 5.74) is 2.41. The van der Waals surface area contributed by atoms with Gasteiger partial charge in [-0.1, -0.05) is 31.5 Å². The predicted octanol–water partition coefficient (Wildman–Crippen LogP) is 3.62. The first-order valence-electron chi connectivity index (χ1n) is 10.9. The fraction of sp³-hybridized carbons (Fsp3) is 0.478. The van der Waals surface area contributed by atoms with Crippen LogP contribution in [0, 0.1) is 12.8 Å². The van der Waals surface area contributed by atoms with E-state index in [1.807, 2.05) is 54.6 Å². The second kappa shape index (κ2) is 9.42. The number of benzene rings is 1. The van der Waals surface area contributed by atoms with Crippen molar-refractivity contribution in [3.05, 3.63) is 40.8 Å². The van der Waals surface area contributed by atoms with Gasteiger partial charge in [0.1, 0.15) is 12.4 Å². The van der Waals surface area contributed by atoms with Gasteiger partial charge in [-0.3, -0.25) is 4.79 Å². The molecular weight excluding hydrogens is 428 g/mol. The number of amides is 1. The number of nitrogens with zero attached hydrogens (tertiary/aromatic N) is 6. The summed E-state index contributed by atoms with van der Waals surface area (Å²) in [6, 6.07) is 7.55. The molecule has 170 valence electrons. The fourth-order valence-electron chi connectivity index (χ4n) is 4.13. The molecule has 1 saturated heterocycles. The number of methoxy groups -OCH3 is 1. The van der Waals surface area contributed by atoms with E-state index in [0.29, 0.717) is 30.5 Å². The molecule has 9 heteroatoms. The normalized spacial score (nSPS) is 14.9. The molecule has 0 spiro atoms. The topological polar surface area (TPSA) is 76.4 Å². The molecule has 3 heterocycles. The summed E-state index contributed by atoms with van der Waals surface area (Å²) in [7, 11) is 1.63. The number of aromatic nitrogens is 4. The Morgan fingerprint density at radius 3 is 2.72 bits per heavy atom. The van der Waals surface area contributed by atoms with Crippen LogP contribution in [0.2, 0.25) is 5.02 Å². The van der Waals surface area contributed by atoms with Gasteiger partial charge < -0.3 is 14.5 Å². The van der Waals surface area contributed by atoms with Gasteiger partial charge in [0.2, 0.25) is 5.91 Å². The molecule has 0 saturated carbocycles. The fourth-order valence-corrected chi connectivity index (χ4v) is 4.32. The SMILES string of the molecule is COCc1nc(N2CCCN(C(=O)C(C)C)CC2)c2c(C)nn(-c3cccc(Cl)c3)c2n1. The Bertz CT molecular complexity index is 1130. The predicted molar refractivity (Wildman–Crippen MR) is 125 cm³/mol. The van der Waals surface area contributed by atoms with Gasteiger partial charge in [-0.05, 0) is 31.5 Å². The van der Waals surface area contributed by atoms with Crippen molar-refractivity contribution >= 4 is 34.4 Å². The zero-order chi connectivity index (χ0) is 22.8. The zero-order valence-electron chi connectivity index (χ0n) is 19.0. The number of carbonyl (C=O) groups is 1. The molecule has 1 aliphatic heterocycles. The summed E-state index contributed by atoms with van der Waals surface area (Å²) in [6.45, 7) is 9.11. The largest absolute Gasteiger partial charge is 0.377 e. The lowest BCUT2D eigenvalue weighted by molar-refractivity contribution is -0.134. The second-order valence-electron chi connectivity index (χ2n) is 8.39. The lowest BCUT2D eigenvalue weighted by Crippen LogP contribution is -2.37. The van der Waals surface area contributed by atoms with Crippen LogP contribution in [-0.4, -0.2) is 63.8 Å². The lowest BCUT2D eigenvalue weighted by Gasteiger charge is -2.24. The van der Waals surface area contributed by atoms with Gasteiger partial charge >= 0.3 is 0 Å². The van der Waals surface area contributed by atoms with Crippen molar-refractivity contribution < 1.29 is 9.53 Å². The third-order valence-electron chi connectivity index (χ3n) is 5.66. The maximum atomic E-state index is 12.5. The summed E-state index contributed by atoms with van der Waals surface area (Å²) >= 11 is 6.23. The van der Waals surface area contributed by atoms with Crippen LogP contribution in [0.15, 0.2) is 24.3 Å². The summed E-state index contributed by atoms with van der Waals surface area (Å²) in [5, 5.41) is 6.32. The monoisotopic (exact) mass is 456 g/mol. The van der Waals surface area contributed by atoms with E-state index in [2.05, 4.69) is 4.90 Å². The maximum Gasteiger partial charge on any atom is 0.225 e. The van der Waals surface area contributed by atoms with E-state index in [4.69, 9.17) is 31.4 Å². The van der Waals surface area contributed by atoms with Crippen molar-refractivity contribution in [1.82, 2.24) is 24.6 Å². The molecular formula is C23H29ClN6O2. The van der Waals surface area contributed by atoms with Crippen molar-refractivity contribution in [3.8, 4) is 5.69 Å². The van der Waals surface area contributed by atoms with Crippen molar-refractivity contribution in [3.63, 3.8) is 0 Å². The lowest BCUT2D eigenvalue weighted by atomic mass is 10.2. The Hall–Kier alpha value is -2.71. The first kappa shape index (κ1) is 22.5. The molecule has 4 rings (SSSR count). The van der Waals surface area contributed by atoms with Gasteiger partial charge in [0, 0.05) is 44.2 Å². The zero-order valence-corrected chi connectivity index (χ0v) is 19.8. The number of fused-ring (bicyclic) bond motifs is 1. The van der Waals surface area contributed by atoms with Crippen molar-refractivity contribution in [2.24, 2.45) is 5.92 Å². The Morgan fingerprint density at radius 1 is 1.19 bits per heavy atom. The van der Waals surface area contributed by atoms with E-state index < -0.39 is 0 Å². The van der Waals surface area contributed by atoms with E-state index in [1.165, 1.54) is 0 Å². The highest BCUT2D eigenvalue weighted by Gasteiger charge is 2.25. The Morgan fingerprint density at radius 2 is 2.00 bits per heavy atom. The molecule has 0 atom stereocenters. The van der Waals surface area contributed by atoms with Crippen molar-refractivity contribution in [2.45, 2.75) is 33.8 Å². The molecule has 0 N–H and O–H groups in total. The summed E-state index contributed by atoms with van der Waals surface area (Å²) in [4.78, 5) is 26.4. The first-order chi connectivity index (χ1) is 15.4. The van der Waals surface area contributed by atoms with E-state index >= 15 is 0 Å². The minimum Gasteiger partial charge on any atom is -0.377 e. The van der Waals surface area contributed by atoms with Crippen LogP contribution < -0.4 is 4.90 Å². The molecule has 3 aromatic rings. The molecule has 1 aliphatic rings.